The molecular weight excluding hydrogens is 388 g/mol. The fourth-order valence-corrected chi connectivity index (χ4v) is 5.36. The van der Waals surface area contributed by atoms with E-state index in [9.17, 15) is 4.79 Å². The molecule has 1 atom stereocenters. The zero-order chi connectivity index (χ0) is 21.2. The summed E-state index contributed by atoms with van der Waals surface area (Å²) in [7, 11) is 0. The molecule has 7 heteroatoms. The molecule has 1 N–H and O–H groups in total. The summed E-state index contributed by atoms with van der Waals surface area (Å²) in [4.78, 5) is 18.9. The number of likely N-dealkylation sites (tertiary alicyclic amines) is 1. The lowest BCUT2D eigenvalue weighted by Crippen LogP contribution is -2.36. The first-order valence-corrected chi connectivity index (χ1v) is 11.9. The molecule has 2 fully saturated rings. The maximum absolute atomic E-state index is 13.3. The van der Waals surface area contributed by atoms with Crippen molar-refractivity contribution in [1.82, 2.24) is 30.1 Å². The van der Waals surface area contributed by atoms with Gasteiger partial charge in [0.05, 0.1) is 6.04 Å². The van der Waals surface area contributed by atoms with Gasteiger partial charge in [-0.15, -0.1) is 5.10 Å². The average molecular weight is 421 g/mol. The number of aromatic amines is 1. The molecule has 2 aliphatic rings. The summed E-state index contributed by atoms with van der Waals surface area (Å²) < 4.78 is 2.04. The first kappa shape index (κ1) is 20.4. The molecule has 164 valence electrons. The molecule has 1 aromatic carbocycles. The third-order valence-electron chi connectivity index (χ3n) is 7.01. The molecule has 31 heavy (non-hydrogen) atoms. The Labute approximate surface area is 182 Å². The first-order chi connectivity index (χ1) is 15.2. The summed E-state index contributed by atoms with van der Waals surface area (Å²) in [5, 5.41) is 14.1. The van der Waals surface area contributed by atoms with E-state index in [1.165, 1.54) is 37.7 Å². The number of aryl methyl sites for hydroxylation is 1. The van der Waals surface area contributed by atoms with Crippen molar-refractivity contribution >= 4 is 10.9 Å². The van der Waals surface area contributed by atoms with Crippen LogP contribution in [0.1, 0.15) is 86.8 Å². The van der Waals surface area contributed by atoms with Gasteiger partial charge in [0, 0.05) is 11.1 Å². The topological polar surface area (TPSA) is 79.7 Å². The van der Waals surface area contributed by atoms with Gasteiger partial charge >= 0.3 is 0 Å². The minimum Gasteiger partial charge on any atom is -0.322 e. The van der Waals surface area contributed by atoms with E-state index in [0.29, 0.717) is 6.04 Å². The number of nitrogens with zero attached hydrogens (tertiary/aromatic N) is 5. The maximum Gasteiger partial charge on any atom is 0.253 e. The molecule has 1 saturated carbocycles. The minimum absolute atomic E-state index is 0.0382. The molecular formula is C24H32N6O. The second-order valence-corrected chi connectivity index (χ2v) is 9.27. The molecule has 0 unspecified atom stereocenters. The van der Waals surface area contributed by atoms with Crippen LogP contribution in [0.4, 0.5) is 0 Å². The Hall–Kier alpha value is -2.54. The number of H-pyrrole nitrogens is 1. The Balaban J connectivity index is 1.64. The smallest absolute Gasteiger partial charge is 0.253 e. The van der Waals surface area contributed by atoms with E-state index in [4.69, 9.17) is 0 Å². The summed E-state index contributed by atoms with van der Waals surface area (Å²) in [5.74, 6) is 0.825. The van der Waals surface area contributed by atoms with Crippen LogP contribution < -0.4 is 5.56 Å². The van der Waals surface area contributed by atoms with Crippen LogP contribution in [0.15, 0.2) is 29.1 Å². The minimum atomic E-state index is -0.219. The number of tetrazole rings is 1. The second-order valence-electron chi connectivity index (χ2n) is 9.27. The highest BCUT2D eigenvalue weighted by atomic mass is 16.1. The van der Waals surface area contributed by atoms with Gasteiger partial charge in [-0.3, -0.25) is 9.69 Å². The van der Waals surface area contributed by atoms with Crippen LogP contribution in [-0.4, -0.2) is 43.2 Å². The normalized spacial score (nSPS) is 20.0. The lowest BCUT2D eigenvalue weighted by Gasteiger charge is -2.31. The third kappa shape index (κ3) is 4.15. The second kappa shape index (κ2) is 8.91. The molecule has 1 aliphatic heterocycles. The molecule has 2 aromatic heterocycles. The summed E-state index contributed by atoms with van der Waals surface area (Å²) in [6.45, 7) is 4.01. The number of hydrogen-bond donors (Lipinski definition) is 1. The van der Waals surface area contributed by atoms with E-state index < -0.39 is 0 Å². The van der Waals surface area contributed by atoms with Gasteiger partial charge in [0.25, 0.3) is 5.56 Å². The van der Waals surface area contributed by atoms with Crippen molar-refractivity contribution < 1.29 is 0 Å². The van der Waals surface area contributed by atoms with Gasteiger partial charge in [-0.25, -0.2) is 4.68 Å². The molecule has 7 nitrogen and oxygen atoms in total. The zero-order valence-electron chi connectivity index (χ0n) is 18.4. The van der Waals surface area contributed by atoms with Crippen LogP contribution in [0.5, 0.6) is 0 Å². The highest BCUT2D eigenvalue weighted by molar-refractivity contribution is 5.79. The van der Waals surface area contributed by atoms with E-state index in [-0.39, 0.29) is 11.6 Å². The molecule has 0 amide bonds. The lowest BCUT2D eigenvalue weighted by molar-refractivity contribution is 0.210. The Bertz CT molecular complexity index is 1090. The monoisotopic (exact) mass is 420 g/mol. The Kier molecular flexibility index (Phi) is 5.85. The Morgan fingerprint density at radius 3 is 2.52 bits per heavy atom. The SMILES string of the molecule is Cc1ccc2[nH]c(=O)c([C@@H](c3nnnn3C3CCCCC3)N3CCCCCC3)cc2c1. The maximum atomic E-state index is 13.3. The van der Waals surface area contributed by atoms with Gasteiger partial charge < -0.3 is 4.98 Å². The zero-order valence-corrected chi connectivity index (χ0v) is 18.4. The van der Waals surface area contributed by atoms with E-state index in [1.807, 2.05) is 16.8 Å². The van der Waals surface area contributed by atoms with Crippen molar-refractivity contribution in [2.75, 3.05) is 13.1 Å². The summed E-state index contributed by atoms with van der Waals surface area (Å²) in [5.41, 5.74) is 2.78. The van der Waals surface area contributed by atoms with E-state index in [0.717, 1.165) is 61.1 Å². The lowest BCUT2D eigenvalue weighted by atomic mass is 9.95. The number of nitrogens with one attached hydrogen (secondary N) is 1. The summed E-state index contributed by atoms with van der Waals surface area (Å²) in [6.07, 6.45) is 10.7. The number of rotatable bonds is 4. The number of aromatic nitrogens is 5. The largest absolute Gasteiger partial charge is 0.322 e. The van der Waals surface area contributed by atoms with Crippen molar-refractivity contribution in [3.05, 3.63) is 51.6 Å². The van der Waals surface area contributed by atoms with Crippen LogP contribution in [0.2, 0.25) is 0 Å². The van der Waals surface area contributed by atoms with Gasteiger partial charge in [0.1, 0.15) is 6.04 Å². The predicted molar refractivity (Wildman–Crippen MR) is 121 cm³/mol. The van der Waals surface area contributed by atoms with E-state index in [1.54, 1.807) is 0 Å². The Morgan fingerprint density at radius 2 is 1.74 bits per heavy atom. The summed E-state index contributed by atoms with van der Waals surface area (Å²) in [6, 6.07) is 8.34. The van der Waals surface area contributed by atoms with Crippen molar-refractivity contribution in [3.8, 4) is 0 Å². The highest BCUT2D eigenvalue weighted by Crippen LogP contribution is 2.34. The fourth-order valence-electron chi connectivity index (χ4n) is 5.36. The van der Waals surface area contributed by atoms with Crippen LogP contribution in [-0.2, 0) is 0 Å². The van der Waals surface area contributed by atoms with Gasteiger partial charge in [-0.2, -0.15) is 0 Å². The van der Waals surface area contributed by atoms with E-state index in [2.05, 4.69) is 44.5 Å². The molecule has 3 heterocycles. The van der Waals surface area contributed by atoms with Crippen molar-refractivity contribution in [3.63, 3.8) is 0 Å². The van der Waals surface area contributed by atoms with Gasteiger partial charge in [-0.1, -0.05) is 43.7 Å². The standard InChI is InChI=1S/C24H32N6O/c1-17-11-12-21-18(15-17)16-20(24(31)25-21)22(29-13-7-2-3-8-14-29)23-26-27-28-30(23)19-9-5-4-6-10-19/h11-12,15-16,19,22H,2-10,13-14H2,1H3,(H,25,31)/t22-/m0/s1. The summed E-state index contributed by atoms with van der Waals surface area (Å²) >= 11 is 0. The van der Waals surface area contributed by atoms with Gasteiger partial charge in [0.2, 0.25) is 0 Å². The number of fused-ring (bicyclic) bond motifs is 1. The highest BCUT2D eigenvalue weighted by Gasteiger charge is 2.33. The molecule has 0 spiro atoms. The van der Waals surface area contributed by atoms with Crippen molar-refractivity contribution in [2.45, 2.75) is 76.8 Å². The third-order valence-corrected chi connectivity index (χ3v) is 7.01. The predicted octanol–water partition coefficient (Wildman–Crippen LogP) is 4.29. The number of hydrogen-bond acceptors (Lipinski definition) is 5. The quantitative estimate of drug-likeness (QED) is 0.681. The molecule has 0 radical (unpaired) electrons. The molecule has 0 bridgehead atoms. The van der Waals surface area contributed by atoms with Gasteiger partial charge in [-0.05, 0) is 79.7 Å². The van der Waals surface area contributed by atoms with Gasteiger partial charge in [0.15, 0.2) is 5.82 Å². The van der Waals surface area contributed by atoms with Crippen molar-refractivity contribution in [2.24, 2.45) is 0 Å². The van der Waals surface area contributed by atoms with Crippen LogP contribution in [0.25, 0.3) is 10.9 Å². The fraction of sp³-hybridized carbons (Fsp3) is 0.583. The average Bonchev–Trinajstić information content (AvgIpc) is 3.10. The number of benzene rings is 1. The van der Waals surface area contributed by atoms with Crippen LogP contribution in [0, 0.1) is 6.92 Å². The first-order valence-electron chi connectivity index (χ1n) is 11.9. The van der Waals surface area contributed by atoms with Crippen LogP contribution in [0.3, 0.4) is 0 Å². The molecule has 5 rings (SSSR count). The Morgan fingerprint density at radius 1 is 1.00 bits per heavy atom. The van der Waals surface area contributed by atoms with Crippen LogP contribution >= 0.6 is 0 Å². The molecule has 1 saturated heterocycles. The molecule has 1 aliphatic carbocycles. The van der Waals surface area contributed by atoms with E-state index >= 15 is 0 Å². The van der Waals surface area contributed by atoms with Crippen molar-refractivity contribution in [1.29, 1.82) is 0 Å². The number of pyridine rings is 1. The molecule has 3 aromatic rings.